The summed E-state index contributed by atoms with van der Waals surface area (Å²) in [5.41, 5.74) is 4.85. The quantitative estimate of drug-likeness (QED) is 0.747. The number of fused-ring (bicyclic) bond motifs is 3. The van der Waals surface area contributed by atoms with E-state index in [0.29, 0.717) is 39.1 Å². The third-order valence-corrected chi connectivity index (χ3v) is 5.71. The highest BCUT2D eigenvalue weighted by molar-refractivity contribution is 5.79. The molecule has 1 aliphatic heterocycles. The van der Waals surface area contributed by atoms with Gasteiger partial charge in [0.1, 0.15) is 6.61 Å². The van der Waals surface area contributed by atoms with Crippen molar-refractivity contribution in [3.05, 3.63) is 59.7 Å². The first-order valence-electron chi connectivity index (χ1n) is 9.95. The van der Waals surface area contributed by atoms with E-state index in [1.54, 1.807) is 4.90 Å². The Morgan fingerprint density at radius 3 is 2.07 bits per heavy atom. The third kappa shape index (κ3) is 3.49. The third-order valence-electron chi connectivity index (χ3n) is 5.71. The Morgan fingerprint density at radius 1 is 0.929 bits per heavy atom. The number of carbonyl (C=O) groups is 2. The molecule has 1 saturated heterocycles. The summed E-state index contributed by atoms with van der Waals surface area (Å²) < 4.78 is 10.8. The summed E-state index contributed by atoms with van der Waals surface area (Å²) >= 11 is 0. The van der Waals surface area contributed by atoms with Gasteiger partial charge in [-0.15, -0.1) is 0 Å². The van der Waals surface area contributed by atoms with Gasteiger partial charge < -0.3 is 14.4 Å². The highest BCUT2D eigenvalue weighted by atomic mass is 16.6. The summed E-state index contributed by atoms with van der Waals surface area (Å²) in [6.07, 6.45) is 0.954. The molecular formula is C23H25NO4. The molecule has 1 aliphatic carbocycles. The van der Waals surface area contributed by atoms with E-state index < -0.39 is 0 Å². The van der Waals surface area contributed by atoms with E-state index in [0.717, 1.165) is 0 Å². The van der Waals surface area contributed by atoms with E-state index in [2.05, 4.69) is 24.3 Å². The minimum atomic E-state index is -0.302. The van der Waals surface area contributed by atoms with Crippen LogP contribution in [-0.4, -0.2) is 43.3 Å². The SMILES string of the molecule is CCOC(=O)C1CCN(C(=O)OCC2c3ccccc3-c3ccccc32)CC1. The number of ether oxygens (including phenoxy) is 2. The second kappa shape index (κ2) is 8.05. The van der Waals surface area contributed by atoms with E-state index in [1.807, 2.05) is 31.2 Å². The second-order valence-corrected chi connectivity index (χ2v) is 7.32. The highest BCUT2D eigenvalue weighted by Gasteiger charge is 2.32. The van der Waals surface area contributed by atoms with Crippen molar-refractivity contribution in [3.63, 3.8) is 0 Å². The molecule has 28 heavy (non-hydrogen) atoms. The lowest BCUT2D eigenvalue weighted by molar-refractivity contribution is -0.149. The van der Waals surface area contributed by atoms with E-state index in [4.69, 9.17) is 9.47 Å². The first-order chi connectivity index (χ1) is 13.7. The van der Waals surface area contributed by atoms with Crippen molar-refractivity contribution >= 4 is 12.1 Å². The van der Waals surface area contributed by atoms with Crippen LogP contribution in [0.5, 0.6) is 0 Å². The van der Waals surface area contributed by atoms with Crippen molar-refractivity contribution in [2.45, 2.75) is 25.7 Å². The maximum absolute atomic E-state index is 12.6. The van der Waals surface area contributed by atoms with Crippen LogP contribution < -0.4 is 0 Å². The number of amides is 1. The fourth-order valence-electron chi connectivity index (χ4n) is 4.24. The van der Waals surface area contributed by atoms with E-state index in [1.165, 1.54) is 22.3 Å². The fourth-order valence-corrected chi connectivity index (χ4v) is 4.24. The molecule has 0 bridgehead atoms. The number of hydrogen-bond acceptors (Lipinski definition) is 4. The van der Waals surface area contributed by atoms with Gasteiger partial charge in [0, 0.05) is 19.0 Å². The van der Waals surface area contributed by atoms with Crippen LogP contribution in [0, 0.1) is 5.92 Å². The molecule has 2 aliphatic rings. The molecule has 146 valence electrons. The topological polar surface area (TPSA) is 55.8 Å². The Morgan fingerprint density at radius 2 is 1.50 bits per heavy atom. The van der Waals surface area contributed by atoms with Gasteiger partial charge in [-0.1, -0.05) is 48.5 Å². The Bertz CT molecular complexity index is 825. The number of rotatable bonds is 4. The number of nitrogens with zero attached hydrogens (tertiary/aromatic N) is 1. The zero-order valence-corrected chi connectivity index (χ0v) is 16.1. The fraction of sp³-hybridized carbons (Fsp3) is 0.391. The predicted octanol–water partition coefficient (Wildman–Crippen LogP) is 4.21. The second-order valence-electron chi connectivity index (χ2n) is 7.32. The number of likely N-dealkylation sites (tertiary alicyclic amines) is 1. The maximum Gasteiger partial charge on any atom is 0.409 e. The molecule has 0 unspecified atom stereocenters. The Kier molecular flexibility index (Phi) is 5.33. The van der Waals surface area contributed by atoms with Gasteiger partial charge in [0.05, 0.1) is 12.5 Å². The van der Waals surface area contributed by atoms with Gasteiger partial charge in [0.15, 0.2) is 0 Å². The molecule has 5 heteroatoms. The molecule has 0 aromatic heterocycles. The molecule has 1 fully saturated rings. The maximum atomic E-state index is 12.6. The highest BCUT2D eigenvalue weighted by Crippen LogP contribution is 2.44. The van der Waals surface area contributed by atoms with Gasteiger partial charge in [-0.2, -0.15) is 0 Å². The van der Waals surface area contributed by atoms with Crippen LogP contribution in [0.1, 0.15) is 36.8 Å². The van der Waals surface area contributed by atoms with Crippen LogP contribution in [0.2, 0.25) is 0 Å². The summed E-state index contributed by atoms with van der Waals surface area (Å²) in [7, 11) is 0. The molecule has 0 saturated carbocycles. The van der Waals surface area contributed by atoms with Crippen molar-refractivity contribution in [3.8, 4) is 11.1 Å². The summed E-state index contributed by atoms with van der Waals surface area (Å²) in [6, 6.07) is 16.6. The molecule has 1 amide bonds. The van der Waals surface area contributed by atoms with E-state index >= 15 is 0 Å². The molecule has 0 N–H and O–H groups in total. The molecule has 0 spiro atoms. The van der Waals surface area contributed by atoms with Crippen LogP contribution in [0.4, 0.5) is 4.79 Å². The first kappa shape index (κ1) is 18.5. The minimum Gasteiger partial charge on any atom is -0.466 e. The molecule has 1 heterocycles. The molecule has 2 aromatic carbocycles. The van der Waals surface area contributed by atoms with Crippen molar-refractivity contribution in [2.24, 2.45) is 5.92 Å². The Hall–Kier alpha value is -2.82. The summed E-state index contributed by atoms with van der Waals surface area (Å²) in [4.78, 5) is 26.1. The van der Waals surface area contributed by atoms with Gasteiger partial charge >= 0.3 is 12.1 Å². The summed E-state index contributed by atoms with van der Waals surface area (Å²) in [6.45, 7) is 3.58. The lowest BCUT2D eigenvalue weighted by Gasteiger charge is -2.30. The number of benzene rings is 2. The molecular weight excluding hydrogens is 354 g/mol. The number of piperidine rings is 1. The van der Waals surface area contributed by atoms with Crippen molar-refractivity contribution in [1.82, 2.24) is 4.90 Å². The molecule has 0 radical (unpaired) electrons. The number of hydrogen-bond donors (Lipinski definition) is 0. The Balaban J connectivity index is 1.38. The lowest BCUT2D eigenvalue weighted by atomic mass is 9.97. The molecule has 0 atom stereocenters. The average Bonchev–Trinajstić information content (AvgIpc) is 3.06. The lowest BCUT2D eigenvalue weighted by Crippen LogP contribution is -2.41. The van der Waals surface area contributed by atoms with Crippen molar-refractivity contribution in [1.29, 1.82) is 0 Å². The van der Waals surface area contributed by atoms with Crippen LogP contribution in [0.25, 0.3) is 11.1 Å². The normalized spacial score (nSPS) is 16.4. The van der Waals surface area contributed by atoms with E-state index in [-0.39, 0.29) is 23.9 Å². The Labute approximate surface area is 165 Å². The first-order valence-corrected chi connectivity index (χ1v) is 9.95. The monoisotopic (exact) mass is 379 g/mol. The number of carbonyl (C=O) groups excluding carboxylic acids is 2. The molecule has 4 rings (SSSR count). The van der Waals surface area contributed by atoms with Gasteiger partial charge in [0.25, 0.3) is 0 Å². The van der Waals surface area contributed by atoms with Crippen LogP contribution >= 0.6 is 0 Å². The van der Waals surface area contributed by atoms with Gasteiger partial charge in [-0.05, 0) is 42.0 Å². The average molecular weight is 379 g/mol. The summed E-state index contributed by atoms with van der Waals surface area (Å²) in [5.74, 6) is -0.208. The summed E-state index contributed by atoms with van der Waals surface area (Å²) in [5, 5.41) is 0. The predicted molar refractivity (Wildman–Crippen MR) is 106 cm³/mol. The standard InChI is InChI=1S/C23H25NO4/c1-2-27-22(25)16-11-13-24(14-12-16)23(26)28-15-21-19-9-5-3-7-17(19)18-8-4-6-10-20(18)21/h3-10,16,21H,2,11-15H2,1H3. The number of esters is 1. The zero-order chi connectivity index (χ0) is 19.5. The van der Waals surface area contributed by atoms with Crippen molar-refractivity contribution < 1.29 is 19.1 Å². The molecule has 2 aromatic rings. The minimum absolute atomic E-state index is 0.0634. The van der Waals surface area contributed by atoms with Crippen LogP contribution in [0.15, 0.2) is 48.5 Å². The van der Waals surface area contributed by atoms with Gasteiger partial charge in [0.2, 0.25) is 0 Å². The smallest absolute Gasteiger partial charge is 0.409 e. The van der Waals surface area contributed by atoms with Crippen LogP contribution in [-0.2, 0) is 14.3 Å². The largest absolute Gasteiger partial charge is 0.466 e. The van der Waals surface area contributed by atoms with Gasteiger partial charge in [-0.25, -0.2) is 4.79 Å². The van der Waals surface area contributed by atoms with E-state index in [9.17, 15) is 9.59 Å². The van der Waals surface area contributed by atoms with Crippen molar-refractivity contribution in [2.75, 3.05) is 26.3 Å². The molecule has 5 nitrogen and oxygen atoms in total. The van der Waals surface area contributed by atoms with Crippen LogP contribution in [0.3, 0.4) is 0 Å². The van der Waals surface area contributed by atoms with Gasteiger partial charge in [-0.3, -0.25) is 4.79 Å². The zero-order valence-electron chi connectivity index (χ0n) is 16.1.